The van der Waals surface area contributed by atoms with Crippen LogP contribution in [0.15, 0.2) is 30.6 Å². The van der Waals surface area contributed by atoms with Crippen LogP contribution in [0.25, 0.3) is 0 Å². The molecule has 140 valence electrons. The molecule has 1 aliphatic carbocycles. The quantitative estimate of drug-likeness (QED) is 0.625. The average molecular weight is 383 g/mol. The number of aliphatic hydroxyl groups is 2. The molecule has 1 aliphatic rings. The Hall–Kier alpha value is -2.40. The number of nitrogens with zero attached hydrogens (tertiary/aromatic N) is 1. The number of halogens is 7. The van der Waals surface area contributed by atoms with E-state index in [9.17, 15) is 40.9 Å². The molecular weight excluding hydrogens is 375 g/mol. The van der Waals surface area contributed by atoms with Crippen LogP contribution in [0.5, 0.6) is 11.5 Å². The van der Waals surface area contributed by atoms with Gasteiger partial charge in [-0.2, -0.15) is 17.6 Å². The highest BCUT2D eigenvalue weighted by Crippen LogP contribution is 2.62. The van der Waals surface area contributed by atoms with E-state index in [1.54, 1.807) is 0 Å². The molecule has 2 N–H and O–H groups in total. The molecule has 26 heavy (non-hydrogen) atoms. The molecule has 4 nitrogen and oxygen atoms in total. The monoisotopic (exact) mass is 383 g/mol. The first-order chi connectivity index (χ1) is 11.9. The van der Waals surface area contributed by atoms with Gasteiger partial charge < -0.3 is 14.9 Å². The Morgan fingerprint density at radius 1 is 1.00 bits per heavy atom. The predicted octanol–water partition coefficient (Wildman–Crippen LogP) is 3.83. The van der Waals surface area contributed by atoms with Gasteiger partial charge in [0.05, 0.1) is 11.8 Å². The summed E-state index contributed by atoms with van der Waals surface area (Å²) in [4.78, 5) is 3.38. The summed E-state index contributed by atoms with van der Waals surface area (Å²) < 4.78 is 101. The topological polar surface area (TPSA) is 62.6 Å². The molecule has 0 spiro atoms. The normalized spacial score (nSPS) is 19.5. The van der Waals surface area contributed by atoms with Crippen molar-refractivity contribution in [2.75, 3.05) is 0 Å². The van der Waals surface area contributed by atoms with Gasteiger partial charge in [-0.3, -0.25) is 4.98 Å². The van der Waals surface area contributed by atoms with E-state index in [1.807, 2.05) is 0 Å². The van der Waals surface area contributed by atoms with Gasteiger partial charge in [-0.05, 0) is 12.1 Å². The predicted molar refractivity (Wildman–Crippen MR) is 70.6 cm³/mol. The first kappa shape index (κ1) is 18.4. The summed E-state index contributed by atoms with van der Waals surface area (Å²) >= 11 is 0. The summed E-state index contributed by atoms with van der Waals surface area (Å²) in [7, 11) is 0. The second-order valence-corrected chi connectivity index (χ2v) is 5.43. The fraction of sp³-hybridized carbons (Fsp3) is 0.267. The number of fused-ring (bicyclic) bond motifs is 1. The maximum Gasteiger partial charge on any atom is 0.371 e. The lowest BCUT2D eigenvalue weighted by atomic mass is 9.98. The van der Waals surface area contributed by atoms with Gasteiger partial charge in [-0.15, -0.1) is 0 Å². The van der Waals surface area contributed by atoms with Gasteiger partial charge in [0.2, 0.25) is 0 Å². The number of pyridine rings is 1. The van der Waals surface area contributed by atoms with Crippen LogP contribution in [0, 0.1) is 5.82 Å². The molecule has 1 aromatic heterocycles. The SMILES string of the molecule is OC1(O)c2c(ccc(Oc3ccncc3F)c2C(F)F)C(F)(F)C1(F)F. The highest BCUT2D eigenvalue weighted by molar-refractivity contribution is 5.55. The second-order valence-electron chi connectivity index (χ2n) is 5.43. The van der Waals surface area contributed by atoms with E-state index in [4.69, 9.17) is 4.74 Å². The van der Waals surface area contributed by atoms with Gasteiger partial charge in [-0.25, -0.2) is 13.2 Å². The second kappa shape index (κ2) is 5.55. The molecule has 0 unspecified atom stereocenters. The van der Waals surface area contributed by atoms with E-state index in [0.29, 0.717) is 12.3 Å². The Balaban J connectivity index is 2.25. The van der Waals surface area contributed by atoms with E-state index < -0.39 is 58.1 Å². The summed E-state index contributed by atoms with van der Waals surface area (Å²) in [6.07, 6.45) is -2.03. The van der Waals surface area contributed by atoms with Gasteiger partial charge in [0, 0.05) is 23.4 Å². The highest BCUT2D eigenvalue weighted by atomic mass is 19.3. The molecule has 0 amide bonds. The molecule has 1 aromatic carbocycles. The Morgan fingerprint density at radius 3 is 2.23 bits per heavy atom. The molecule has 3 rings (SSSR count). The highest BCUT2D eigenvalue weighted by Gasteiger charge is 2.77. The first-order valence-corrected chi connectivity index (χ1v) is 6.86. The van der Waals surface area contributed by atoms with Crippen LogP contribution in [0.2, 0.25) is 0 Å². The molecule has 0 saturated heterocycles. The Kier molecular flexibility index (Phi) is 3.92. The van der Waals surface area contributed by atoms with Crippen LogP contribution in [0.3, 0.4) is 0 Å². The van der Waals surface area contributed by atoms with Crippen LogP contribution in [0.4, 0.5) is 30.7 Å². The van der Waals surface area contributed by atoms with Crippen molar-refractivity contribution in [1.82, 2.24) is 4.98 Å². The third kappa shape index (κ3) is 2.27. The largest absolute Gasteiger partial charge is 0.454 e. The smallest absolute Gasteiger partial charge is 0.371 e. The number of ether oxygens (including phenoxy) is 1. The molecule has 0 saturated carbocycles. The van der Waals surface area contributed by atoms with Crippen molar-refractivity contribution in [3.63, 3.8) is 0 Å². The Morgan fingerprint density at radius 2 is 1.65 bits per heavy atom. The van der Waals surface area contributed by atoms with Crippen LogP contribution in [0.1, 0.15) is 23.1 Å². The lowest BCUT2D eigenvalue weighted by molar-refractivity contribution is -0.358. The number of benzene rings is 1. The number of hydrogen-bond acceptors (Lipinski definition) is 4. The molecule has 2 aromatic rings. The zero-order chi connectivity index (χ0) is 19.5. The molecule has 0 aliphatic heterocycles. The van der Waals surface area contributed by atoms with E-state index in [1.165, 1.54) is 0 Å². The molecule has 11 heteroatoms. The summed E-state index contributed by atoms with van der Waals surface area (Å²) in [6.45, 7) is 0. The first-order valence-electron chi connectivity index (χ1n) is 6.86. The summed E-state index contributed by atoms with van der Waals surface area (Å²) in [6, 6.07) is 1.69. The minimum Gasteiger partial charge on any atom is -0.454 e. The average Bonchev–Trinajstić information content (AvgIpc) is 2.65. The third-order valence-electron chi connectivity index (χ3n) is 3.90. The van der Waals surface area contributed by atoms with Crippen molar-refractivity contribution >= 4 is 0 Å². The number of hydrogen-bond donors (Lipinski definition) is 2. The van der Waals surface area contributed by atoms with Crippen LogP contribution < -0.4 is 4.74 Å². The van der Waals surface area contributed by atoms with Crippen molar-refractivity contribution in [2.24, 2.45) is 0 Å². The molecular formula is C15H8F7NO3. The molecule has 0 bridgehead atoms. The van der Waals surface area contributed by atoms with Crippen molar-refractivity contribution < 1.29 is 45.7 Å². The summed E-state index contributed by atoms with van der Waals surface area (Å²) in [5.41, 5.74) is -5.08. The maximum atomic E-state index is 13.9. The molecule has 0 radical (unpaired) electrons. The van der Waals surface area contributed by atoms with Crippen molar-refractivity contribution in [3.05, 3.63) is 53.1 Å². The van der Waals surface area contributed by atoms with E-state index in [0.717, 1.165) is 12.3 Å². The summed E-state index contributed by atoms with van der Waals surface area (Å²) in [5.74, 6) is -18.0. The van der Waals surface area contributed by atoms with Crippen LogP contribution in [-0.4, -0.2) is 21.1 Å². The number of aromatic nitrogens is 1. The summed E-state index contributed by atoms with van der Waals surface area (Å²) in [5, 5.41) is 19.1. The van der Waals surface area contributed by atoms with E-state index in [-0.39, 0.29) is 6.07 Å². The Bertz CT molecular complexity index is 870. The van der Waals surface area contributed by atoms with Gasteiger partial charge in [0.1, 0.15) is 5.75 Å². The van der Waals surface area contributed by atoms with Crippen LogP contribution >= 0.6 is 0 Å². The third-order valence-corrected chi connectivity index (χ3v) is 3.90. The fourth-order valence-electron chi connectivity index (χ4n) is 2.65. The van der Waals surface area contributed by atoms with Gasteiger partial charge in [-0.1, -0.05) is 0 Å². The molecule has 0 atom stereocenters. The van der Waals surface area contributed by atoms with Gasteiger partial charge in [0.15, 0.2) is 11.6 Å². The zero-order valence-corrected chi connectivity index (χ0v) is 12.4. The van der Waals surface area contributed by atoms with Crippen molar-refractivity contribution in [3.8, 4) is 11.5 Å². The fourth-order valence-corrected chi connectivity index (χ4v) is 2.65. The zero-order valence-electron chi connectivity index (χ0n) is 12.4. The minimum absolute atomic E-state index is 0.289. The number of rotatable bonds is 3. The maximum absolute atomic E-state index is 13.9. The van der Waals surface area contributed by atoms with Crippen molar-refractivity contribution in [1.29, 1.82) is 0 Å². The molecule has 1 heterocycles. The standard InChI is InChI=1S/C15H8F7NO3/c16-7-5-23-4-3-8(7)26-9-2-1-6-11(10(9)12(17)18)14(24,25)15(21,22)13(6,19)20/h1-5,12,24-25H. The Labute approximate surface area is 140 Å². The van der Waals surface area contributed by atoms with Gasteiger partial charge >= 0.3 is 11.8 Å². The van der Waals surface area contributed by atoms with Crippen molar-refractivity contribution in [2.45, 2.75) is 24.1 Å². The van der Waals surface area contributed by atoms with E-state index in [2.05, 4.69) is 4.98 Å². The lowest BCUT2D eigenvalue weighted by Gasteiger charge is -2.28. The van der Waals surface area contributed by atoms with Gasteiger partial charge in [0.25, 0.3) is 12.2 Å². The van der Waals surface area contributed by atoms with Crippen LogP contribution in [-0.2, 0) is 11.7 Å². The number of alkyl halides is 6. The van der Waals surface area contributed by atoms with E-state index >= 15 is 0 Å². The lowest BCUT2D eigenvalue weighted by Crippen LogP contribution is -2.49. The molecule has 0 fully saturated rings. The minimum atomic E-state index is -5.48.